The number of rotatable bonds is 2. The van der Waals surface area contributed by atoms with Crippen LogP contribution in [-0.4, -0.2) is 37.0 Å². The third kappa shape index (κ3) is 2.51. The van der Waals surface area contributed by atoms with Crippen molar-refractivity contribution in [1.29, 1.82) is 0 Å². The molecule has 1 saturated heterocycles. The molecule has 1 aromatic rings. The third-order valence-electron chi connectivity index (χ3n) is 3.98. The molecule has 0 aliphatic carbocycles. The minimum atomic E-state index is 0.0471. The highest BCUT2D eigenvalue weighted by atomic mass is 16.1. The second kappa shape index (κ2) is 4.74. The molecule has 2 aliphatic rings. The quantitative estimate of drug-likeness (QED) is 0.700. The van der Waals surface area contributed by atoms with E-state index in [4.69, 9.17) is 5.73 Å². The zero-order valence-electron chi connectivity index (χ0n) is 11.2. The Hall–Kier alpha value is -1.75. The van der Waals surface area contributed by atoms with Crippen LogP contribution in [0.5, 0.6) is 0 Å². The first-order valence-electron chi connectivity index (χ1n) is 6.79. The van der Waals surface area contributed by atoms with Crippen LogP contribution >= 0.6 is 0 Å². The van der Waals surface area contributed by atoms with Crippen molar-refractivity contribution in [2.75, 3.05) is 36.5 Å². The lowest BCUT2D eigenvalue weighted by Crippen LogP contribution is -2.36. The van der Waals surface area contributed by atoms with E-state index in [2.05, 4.69) is 22.6 Å². The van der Waals surface area contributed by atoms with Crippen molar-refractivity contribution < 1.29 is 4.79 Å². The van der Waals surface area contributed by atoms with Crippen LogP contribution in [0.4, 0.5) is 17.1 Å². The molecule has 19 heavy (non-hydrogen) atoms. The van der Waals surface area contributed by atoms with Crippen LogP contribution in [0.15, 0.2) is 12.1 Å². The molecule has 102 valence electrons. The Bertz CT molecular complexity index is 506. The Morgan fingerprint density at radius 1 is 1.37 bits per heavy atom. The summed E-state index contributed by atoms with van der Waals surface area (Å²) < 4.78 is 0. The fourth-order valence-electron chi connectivity index (χ4n) is 2.79. The molecule has 0 saturated carbocycles. The highest BCUT2D eigenvalue weighted by Crippen LogP contribution is 2.32. The smallest absolute Gasteiger partial charge is 0.228 e. The summed E-state index contributed by atoms with van der Waals surface area (Å²) in [7, 11) is 2.15. The SMILES string of the molecule is CN1CCC(Nc2cc3c(cc2N)CC(=O)N3)CC1. The molecule has 3 rings (SSSR count). The molecule has 5 heteroatoms. The zero-order chi connectivity index (χ0) is 13.4. The number of nitrogens with zero attached hydrogens (tertiary/aromatic N) is 1. The number of carbonyl (C=O) groups excluding carboxylic acids is 1. The molecule has 5 nitrogen and oxygen atoms in total. The Kier molecular flexibility index (Phi) is 3.06. The summed E-state index contributed by atoms with van der Waals surface area (Å²) in [6, 6.07) is 4.34. The third-order valence-corrected chi connectivity index (χ3v) is 3.98. The van der Waals surface area contributed by atoms with E-state index < -0.39 is 0 Å². The van der Waals surface area contributed by atoms with E-state index in [1.165, 1.54) is 0 Å². The number of hydrogen-bond acceptors (Lipinski definition) is 4. The van der Waals surface area contributed by atoms with Crippen LogP contribution in [-0.2, 0) is 11.2 Å². The molecule has 2 heterocycles. The molecular weight excluding hydrogens is 240 g/mol. The van der Waals surface area contributed by atoms with E-state index >= 15 is 0 Å². The normalized spacial score (nSPS) is 20.2. The van der Waals surface area contributed by atoms with Crippen molar-refractivity contribution in [3.8, 4) is 0 Å². The van der Waals surface area contributed by atoms with Gasteiger partial charge in [-0.3, -0.25) is 4.79 Å². The molecule has 0 radical (unpaired) electrons. The number of amides is 1. The molecule has 1 fully saturated rings. The Labute approximate surface area is 113 Å². The number of likely N-dealkylation sites (tertiary alicyclic amines) is 1. The van der Waals surface area contributed by atoms with Gasteiger partial charge in [-0.15, -0.1) is 0 Å². The van der Waals surface area contributed by atoms with E-state index in [9.17, 15) is 4.79 Å². The number of fused-ring (bicyclic) bond motifs is 1. The highest BCUT2D eigenvalue weighted by molar-refractivity contribution is 6.00. The van der Waals surface area contributed by atoms with Crippen LogP contribution in [0.1, 0.15) is 18.4 Å². The molecular formula is C14H20N4O. The number of nitrogens with one attached hydrogen (secondary N) is 2. The minimum Gasteiger partial charge on any atom is -0.397 e. The summed E-state index contributed by atoms with van der Waals surface area (Å²) in [6.07, 6.45) is 2.69. The lowest BCUT2D eigenvalue weighted by Gasteiger charge is -2.30. The van der Waals surface area contributed by atoms with Gasteiger partial charge in [-0.1, -0.05) is 0 Å². The van der Waals surface area contributed by atoms with Crippen molar-refractivity contribution in [3.63, 3.8) is 0 Å². The maximum atomic E-state index is 11.4. The molecule has 0 spiro atoms. The second-order valence-electron chi connectivity index (χ2n) is 5.54. The van der Waals surface area contributed by atoms with Gasteiger partial charge < -0.3 is 21.3 Å². The second-order valence-corrected chi connectivity index (χ2v) is 5.54. The lowest BCUT2D eigenvalue weighted by atomic mass is 10.0. The standard InChI is InChI=1S/C14H20N4O/c1-18-4-2-10(3-5-18)16-13-8-12-9(6-11(13)15)7-14(19)17-12/h6,8,10,16H,2-5,7,15H2,1H3,(H,17,19). The molecule has 0 bridgehead atoms. The fraction of sp³-hybridized carbons (Fsp3) is 0.500. The van der Waals surface area contributed by atoms with Crippen LogP contribution in [0, 0.1) is 0 Å². The summed E-state index contributed by atoms with van der Waals surface area (Å²) in [6.45, 7) is 2.22. The van der Waals surface area contributed by atoms with E-state index in [0.717, 1.165) is 48.6 Å². The minimum absolute atomic E-state index is 0.0471. The molecule has 0 aromatic heterocycles. The lowest BCUT2D eigenvalue weighted by molar-refractivity contribution is -0.115. The Morgan fingerprint density at radius 2 is 2.11 bits per heavy atom. The summed E-state index contributed by atoms with van der Waals surface area (Å²) in [4.78, 5) is 13.7. The summed E-state index contributed by atoms with van der Waals surface area (Å²) in [5, 5.41) is 6.38. The van der Waals surface area contributed by atoms with Crippen molar-refractivity contribution in [2.24, 2.45) is 0 Å². The van der Waals surface area contributed by atoms with Gasteiger partial charge in [0.05, 0.1) is 17.8 Å². The molecule has 4 N–H and O–H groups in total. The fourth-order valence-corrected chi connectivity index (χ4v) is 2.79. The van der Waals surface area contributed by atoms with Gasteiger partial charge in [0, 0.05) is 11.7 Å². The average molecular weight is 260 g/mol. The van der Waals surface area contributed by atoms with Gasteiger partial charge in [0.25, 0.3) is 0 Å². The van der Waals surface area contributed by atoms with Gasteiger partial charge in [-0.2, -0.15) is 0 Å². The van der Waals surface area contributed by atoms with Gasteiger partial charge in [0.1, 0.15) is 0 Å². The predicted octanol–water partition coefficient (Wildman–Crippen LogP) is 1.27. The topological polar surface area (TPSA) is 70.4 Å². The Morgan fingerprint density at radius 3 is 2.84 bits per heavy atom. The van der Waals surface area contributed by atoms with E-state index in [1.807, 2.05) is 12.1 Å². The largest absolute Gasteiger partial charge is 0.397 e. The number of nitrogens with two attached hydrogens (primary N) is 1. The van der Waals surface area contributed by atoms with Crippen LogP contribution in [0.2, 0.25) is 0 Å². The number of anilines is 3. The number of carbonyl (C=O) groups is 1. The maximum absolute atomic E-state index is 11.4. The zero-order valence-corrected chi connectivity index (χ0v) is 11.2. The van der Waals surface area contributed by atoms with Gasteiger partial charge in [0.2, 0.25) is 5.91 Å². The van der Waals surface area contributed by atoms with E-state index in [1.54, 1.807) is 0 Å². The van der Waals surface area contributed by atoms with Crippen molar-refractivity contribution in [1.82, 2.24) is 4.90 Å². The van der Waals surface area contributed by atoms with Crippen molar-refractivity contribution >= 4 is 23.0 Å². The number of nitrogen functional groups attached to an aromatic ring is 1. The number of hydrogen-bond donors (Lipinski definition) is 3. The summed E-state index contributed by atoms with van der Waals surface area (Å²) >= 11 is 0. The Balaban J connectivity index is 1.75. The predicted molar refractivity (Wildman–Crippen MR) is 77.3 cm³/mol. The van der Waals surface area contributed by atoms with Gasteiger partial charge in [-0.05, 0) is 50.7 Å². The maximum Gasteiger partial charge on any atom is 0.228 e. The van der Waals surface area contributed by atoms with E-state index in [-0.39, 0.29) is 5.91 Å². The van der Waals surface area contributed by atoms with Gasteiger partial charge in [-0.25, -0.2) is 0 Å². The van der Waals surface area contributed by atoms with E-state index in [0.29, 0.717) is 12.5 Å². The van der Waals surface area contributed by atoms with Crippen LogP contribution in [0.25, 0.3) is 0 Å². The van der Waals surface area contributed by atoms with Crippen molar-refractivity contribution in [3.05, 3.63) is 17.7 Å². The van der Waals surface area contributed by atoms with Gasteiger partial charge in [0.15, 0.2) is 0 Å². The first kappa shape index (κ1) is 12.3. The highest BCUT2D eigenvalue weighted by Gasteiger charge is 2.21. The monoisotopic (exact) mass is 260 g/mol. The average Bonchev–Trinajstić information content (AvgIpc) is 2.72. The summed E-state index contributed by atoms with van der Waals surface area (Å²) in [5.41, 5.74) is 9.64. The molecule has 0 unspecified atom stereocenters. The number of benzene rings is 1. The number of piperidine rings is 1. The van der Waals surface area contributed by atoms with Crippen molar-refractivity contribution in [2.45, 2.75) is 25.3 Å². The van der Waals surface area contributed by atoms with Crippen LogP contribution < -0.4 is 16.4 Å². The first-order chi connectivity index (χ1) is 9.11. The summed E-state index contributed by atoms with van der Waals surface area (Å²) in [5.74, 6) is 0.0471. The van der Waals surface area contributed by atoms with Gasteiger partial charge >= 0.3 is 0 Å². The van der Waals surface area contributed by atoms with Crippen LogP contribution in [0.3, 0.4) is 0 Å². The molecule has 1 aromatic carbocycles. The molecule has 2 aliphatic heterocycles. The molecule has 1 amide bonds. The first-order valence-corrected chi connectivity index (χ1v) is 6.79. The molecule has 0 atom stereocenters.